The van der Waals surface area contributed by atoms with Gasteiger partial charge in [0.05, 0.1) is 48.4 Å². The number of aromatic nitrogens is 4. The van der Waals surface area contributed by atoms with E-state index < -0.39 is 24.3 Å². The number of imidazole rings is 2. The van der Waals surface area contributed by atoms with Gasteiger partial charge in [0.1, 0.15) is 36.9 Å². The molecule has 0 bridgehead atoms. The number of nitrogens with zero attached hydrogens (tertiary/aromatic N) is 4. The summed E-state index contributed by atoms with van der Waals surface area (Å²) in [4.78, 5) is 72.0. The number of likely N-dealkylation sites (tertiary alicyclic amines) is 2. The summed E-state index contributed by atoms with van der Waals surface area (Å²) in [7, 11) is 2.57. The first kappa shape index (κ1) is 40.5. The van der Waals surface area contributed by atoms with Crippen molar-refractivity contribution in [3.63, 3.8) is 0 Å². The first-order chi connectivity index (χ1) is 28.9. The van der Waals surface area contributed by atoms with E-state index in [1.54, 1.807) is 9.80 Å². The summed E-state index contributed by atoms with van der Waals surface area (Å²) in [6.45, 7) is 9.53. The Bertz CT molecular complexity index is 2270. The molecule has 4 N–H and O–H groups in total. The zero-order chi connectivity index (χ0) is 42.2. The van der Waals surface area contributed by atoms with Gasteiger partial charge in [-0.15, -0.1) is 0 Å². The van der Waals surface area contributed by atoms with Crippen molar-refractivity contribution < 1.29 is 38.1 Å². The molecule has 5 heterocycles. The molecule has 316 valence electrons. The van der Waals surface area contributed by atoms with E-state index in [4.69, 9.17) is 28.9 Å². The lowest BCUT2D eigenvalue weighted by Crippen LogP contribution is -2.51. The predicted molar refractivity (Wildman–Crippen MR) is 223 cm³/mol. The van der Waals surface area contributed by atoms with Gasteiger partial charge in [-0.3, -0.25) is 9.59 Å². The number of ether oxygens (including phenoxy) is 4. The van der Waals surface area contributed by atoms with Crippen molar-refractivity contribution in [1.29, 1.82) is 0 Å². The number of methoxy groups -OCH3 is 2. The molecule has 0 saturated carbocycles. The van der Waals surface area contributed by atoms with Crippen LogP contribution in [0.4, 0.5) is 9.59 Å². The SMILES string of the molecule is COC(=O)N[C@H](C(=O)N1CCC[C@H]1c1nc2cc(-c3ccc(-c4ccc5nc([C@@H]6CCCN6C(=O)[C@@H](NC(=O)OC)C(C)C)[nH]c5c4)c4c3OCCO4)ccc2[nH]1)C(C)C. The number of hydrogen-bond acceptors (Lipinski definition) is 10. The highest BCUT2D eigenvalue weighted by molar-refractivity contribution is 5.91. The maximum atomic E-state index is 13.7. The van der Waals surface area contributed by atoms with Gasteiger partial charge >= 0.3 is 12.2 Å². The summed E-state index contributed by atoms with van der Waals surface area (Å²) >= 11 is 0. The van der Waals surface area contributed by atoms with Crippen molar-refractivity contribution in [2.75, 3.05) is 40.5 Å². The zero-order valence-corrected chi connectivity index (χ0v) is 34.8. The van der Waals surface area contributed by atoms with Crippen LogP contribution in [-0.2, 0) is 19.1 Å². The summed E-state index contributed by atoms with van der Waals surface area (Å²) < 4.78 is 22.2. The summed E-state index contributed by atoms with van der Waals surface area (Å²) in [5, 5.41) is 5.42. The molecule has 2 aromatic heterocycles. The smallest absolute Gasteiger partial charge is 0.407 e. The molecular weight excluding hydrogens is 769 g/mol. The van der Waals surface area contributed by atoms with Crippen LogP contribution in [-0.4, -0.2) is 106 Å². The second-order valence-electron chi connectivity index (χ2n) is 16.3. The van der Waals surface area contributed by atoms with Crippen molar-refractivity contribution in [3.8, 4) is 33.8 Å². The number of rotatable bonds is 10. The van der Waals surface area contributed by atoms with Gasteiger partial charge in [0.2, 0.25) is 11.8 Å². The third-order valence-electron chi connectivity index (χ3n) is 11.8. The number of carbonyl (C=O) groups is 4. The molecule has 3 aromatic carbocycles. The van der Waals surface area contributed by atoms with E-state index >= 15 is 0 Å². The molecule has 4 atom stereocenters. The van der Waals surface area contributed by atoms with Crippen LogP contribution in [0.2, 0.25) is 0 Å². The molecule has 0 aliphatic carbocycles. The van der Waals surface area contributed by atoms with Gasteiger partial charge in [-0.25, -0.2) is 19.6 Å². The Hall–Kier alpha value is -6.32. The third kappa shape index (κ3) is 7.66. The van der Waals surface area contributed by atoms with E-state index in [-0.39, 0.29) is 35.7 Å². The minimum Gasteiger partial charge on any atom is -0.485 e. The molecule has 4 amide bonds. The first-order valence-electron chi connectivity index (χ1n) is 20.7. The van der Waals surface area contributed by atoms with Crippen LogP contribution in [0.25, 0.3) is 44.3 Å². The van der Waals surface area contributed by atoms with Gasteiger partial charge in [-0.05, 0) is 85.0 Å². The quantitative estimate of drug-likeness (QED) is 0.119. The highest BCUT2D eigenvalue weighted by atomic mass is 16.6. The molecular formula is C44H52N8O8. The topological polar surface area (TPSA) is 193 Å². The van der Waals surface area contributed by atoms with Gasteiger partial charge in [0.25, 0.3) is 0 Å². The molecule has 8 rings (SSSR count). The fraction of sp³-hybridized carbons (Fsp3) is 0.455. The maximum absolute atomic E-state index is 13.7. The lowest BCUT2D eigenvalue weighted by atomic mass is 9.97. The Morgan fingerprint density at radius 3 is 1.67 bits per heavy atom. The summed E-state index contributed by atoms with van der Waals surface area (Å²) in [6, 6.07) is 14.2. The van der Waals surface area contributed by atoms with Crippen molar-refractivity contribution in [1.82, 2.24) is 40.4 Å². The van der Waals surface area contributed by atoms with Crippen LogP contribution in [0, 0.1) is 11.8 Å². The van der Waals surface area contributed by atoms with Crippen molar-refractivity contribution in [2.45, 2.75) is 77.5 Å². The molecule has 2 saturated heterocycles. The van der Waals surface area contributed by atoms with Crippen LogP contribution in [0.1, 0.15) is 77.1 Å². The summed E-state index contributed by atoms with van der Waals surface area (Å²) in [6.07, 6.45) is 1.87. The minimum atomic E-state index is -0.717. The Morgan fingerprint density at radius 1 is 0.667 bits per heavy atom. The van der Waals surface area contributed by atoms with E-state index in [9.17, 15) is 19.2 Å². The Labute approximate surface area is 347 Å². The number of benzene rings is 3. The summed E-state index contributed by atoms with van der Waals surface area (Å²) in [5.74, 6) is 2.11. The van der Waals surface area contributed by atoms with Crippen LogP contribution in [0.15, 0.2) is 48.5 Å². The number of carbonyl (C=O) groups excluding carboxylic acids is 4. The van der Waals surface area contributed by atoms with E-state index in [0.717, 1.165) is 70.0 Å². The van der Waals surface area contributed by atoms with Crippen LogP contribution in [0.5, 0.6) is 11.5 Å². The molecule has 5 aromatic rings. The van der Waals surface area contributed by atoms with Crippen molar-refractivity contribution >= 4 is 46.1 Å². The van der Waals surface area contributed by atoms with Gasteiger partial charge in [0.15, 0.2) is 11.5 Å². The Kier molecular flexibility index (Phi) is 11.3. The lowest BCUT2D eigenvalue weighted by Gasteiger charge is -2.29. The summed E-state index contributed by atoms with van der Waals surface area (Å²) in [5.41, 5.74) is 6.75. The standard InChI is InChI=1S/C44H52N8O8/c1-23(2)35(49-43(55)57-5)41(53)51-17-7-9-33(51)39-45-29-15-11-25(21-31(29)47-39)27-13-14-28(38-37(27)59-19-20-60-38)26-12-16-30-32(22-26)48-40(46-30)34-10-8-18-52(34)42(54)36(24(3)4)50-44(56)58-6/h11-16,21-24,33-36H,7-10,17-20H2,1-6H3,(H,45,47)(H,46,48)(H,49,55)(H,50,56)/t33-,34-,35-,36-/m0/s1. The average Bonchev–Trinajstić information content (AvgIpc) is 4.08. The zero-order valence-electron chi connectivity index (χ0n) is 34.8. The maximum Gasteiger partial charge on any atom is 0.407 e. The molecule has 0 radical (unpaired) electrons. The molecule has 2 fully saturated rings. The first-order valence-corrected chi connectivity index (χ1v) is 20.7. The number of alkyl carbamates (subject to hydrolysis) is 2. The van der Waals surface area contributed by atoms with Crippen LogP contribution in [0.3, 0.4) is 0 Å². The average molecular weight is 821 g/mol. The van der Waals surface area contributed by atoms with Crippen LogP contribution >= 0.6 is 0 Å². The second-order valence-corrected chi connectivity index (χ2v) is 16.3. The van der Waals surface area contributed by atoms with Crippen molar-refractivity contribution in [3.05, 3.63) is 60.2 Å². The number of fused-ring (bicyclic) bond motifs is 3. The third-order valence-corrected chi connectivity index (χ3v) is 11.8. The van der Waals surface area contributed by atoms with Gasteiger partial charge in [-0.1, -0.05) is 39.8 Å². The number of aromatic amines is 2. The normalized spacial score (nSPS) is 18.6. The van der Waals surface area contributed by atoms with E-state index in [1.807, 2.05) is 76.2 Å². The van der Waals surface area contributed by atoms with Gasteiger partial charge in [-0.2, -0.15) is 0 Å². The molecule has 16 heteroatoms. The monoisotopic (exact) mass is 820 g/mol. The molecule has 3 aliphatic rings. The molecule has 0 unspecified atom stereocenters. The fourth-order valence-electron chi connectivity index (χ4n) is 8.68. The predicted octanol–water partition coefficient (Wildman–Crippen LogP) is 6.63. The molecule has 16 nitrogen and oxygen atoms in total. The number of nitrogens with one attached hydrogen (secondary N) is 4. The van der Waals surface area contributed by atoms with Crippen molar-refractivity contribution in [2.24, 2.45) is 11.8 Å². The molecule has 3 aliphatic heterocycles. The number of amides is 4. The van der Waals surface area contributed by atoms with E-state index in [1.165, 1.54) is 14.2 Å². The largest absolute Gasteiger partial charge is 0.485 e. The Balaban J connectivity index is 1.05. The van der Waals surface area contributed by atoms with Crippen LogP contribution < -0.4 is 20.1 Å². The molecule has 60 heavy (non-hydrogen) atoms. The highest BCUT2D eigenvalue weighted by Gasteiger charge is 2.39. The lowest BCUT2D eigenvalue weighted by molar-refractivity contribution is -0.136. The second kappa shape index (κ2) is 16.7. The van der Waals surface area contributed by atoms with Gasteiger partial charge in [0, 0.05) is 24.2 Å². The fourth-order valence-corrected chi connectivity index (χ4v) is 8.68. The Morgan fingerprint density at radius 2 is 1.15 bits per heavy atom. The highest BCUT2D eigenvalue weighted by Crippen LogP contribution is 2.47. The van der Waals surface area contributed by atoms with E-state index in [2.05, 4.69) is 20.6 Å². The molecule has 0 spiro atoms. The minimum absolute atomic E-state index is 0.129. The number of hydrogen-bond donors (Lipinski definition) is 4. The van der Waals surface area contributed by atoms with Gasteiger partial charge < -0.3 is 49.3 Å². The van der Waals surface area contributed by atoms with E-state index in [0.29, 0.717) is 49.5 Å². The number of H-pyrrole nitrogens is 2.